The number of H-pyrrole nitrogens is 1. The molecule has 4 aromatic rings. The van der Waals surface area contributed by atoms with Crippen LogP contribution in [-0.2, 0) is 16.6 Å². The van der Waals surface area contributed by atoms with Crippen LogP contribution in [-0.4, -0.2) is 25.6 Å². The third kappa shape index (κ3) is 3.77. The second kappa shape index (κ2) is 7.93. The molecule has 1 aromatic heterocycles. The molecule has 0 bridgehead atoms. The lowest BCUT2D eigenvalue weighted by Gasteiger charge is -2.30. The van der Waals surface area contributed by atoms with Crippen molar-refractivity contribution in [2.75, 3.05) is 5.75 Å². The van der Waals surface area contributed by atoms with Gasteiger partial charge in [-0.2, -0.15) is 10.6 Å². The Balaban J connectivity index is 1.36. The van der Waals surface area contributed by atoms with Crippen LogP contribution in [0.2, 0.25) is 0 Å². The number of aromatic amines is 1. The van der Waals surface area contributed by atoms with E-state index in [0.29, 0.717) is 17.1 Å². The number of ketones is 1. The number of Topliss-reactive ketones (excluding diaryl/α,β-unsaturated/α-hetero) is 1. The van der Waals surface area contributed by atoms with Crippen molar-refractivity contribution >= 4 is 27.3 Å². The molecule has 0 spiro atoms. The summed E-state index contributed by atoms with van der Waals surface area (Å²) in [5.74, 6) is 0.583. The summed E-state index contributed by atoms with van der Waals surface area (Å²) in [5, 5.41) is 1.15. The second-order valence-corrected chi connectivity index (χ2v) is 11.0. The van der Waals surface area contributed by atoms with Gasteiger partial charge >= 0.3 is 0 Å². The molecule has 0 atom stereocenters. The molecule has 0 amide bonds. The fourth-order valence-corrected chi connectivity index (χ4v) is 5.36. The van der Waals surface area contributed by atoms with Crippen LogP contribution >= 0.6 is 10.6 Å². The van der Waals surface area contributed by atoms with Crippen molar-refractivity contribution < 1.29 is 13.9 Å². The van der Waals surface area contributed by atoms with Gasteiger partial charge in [0.05, 0.1) is 10.3 Å². The Morgan fingerprint density at radius 2 is 1.75 bits per heavy atom. The van der Waals surface area contributed by atoms with Crippen molar-refractivity contribution in [2.24, 2.45) is 0 Å². The molecular formula is C27H27NO3S. The van der Waals surface area contributed by atoms with Crippen molar-refractivity contribution in [3.05, 3.63) is 90.1 Å². The van der Waals surface area contributed by atoms with Gasteiger partial charge in [-0.3, -0.25) is 13.9 Å². The maximum absolute atomic E-state index is 13.3. The predicted octanol–water partition coefficient (Wildman–Crippen LogP) is 6.81. The maximum atomic E-state index is 13.3. The Kier molecular flexibility index (Phi) is 5.20. The molecule has 4 nitrogen and oxygen atoms in total. The molecule has 5 rings (SSSR count). The molecule has 1 aliphatic rings. The van der Waals surface area contributed by atoms with Gasteiger partial charge in [0.2, 0.25) is 0 Å². The van der Waals surface area contributed by atoms with E-state index in [9.17, 15) is 13.9 Å². The van der Waals surface area contributed by atoms with Crippen LogP contribution in [0.5, 0.6) is 0 Å². The number of rotatable bonds is 7. The first-order valence-electron chi connectivity index (χ1n) is 11.0. The summed E-state index contributed by atoms with van der Waals surface area (Å²) >= 11 is 0. The highest BCUT2D eigenvalue weighted by molar-refractivity contribution is 8.24. The van der Waals surface area contributed by atoms with Crippen molar-refractivity contribution in [3.63, 3.8) is 0 Å². The highest BCUT2D eigenvalue weighted by atomic mass is 32.3. The van der Waals surface area contributed by atoms with Crippen LogP contribution in [0.4, 0.5) is 0 Å². The van der Waals surface area contributed by atoms with E-state index in [1.54, 1.807) is 19.1 Å². The second-order valence-electron chi connectivity index (χ2n) is 8.64. The third-order valence-corrected chi connectivity index (χ3v) is 8.48. The third-order valence-electron chi connectivity index (χ3n) is 6.65. The lowest BCUT2D eigenvalue weighted by Crippen LogP contribution is -2.22. The SMILES string of the molecule is CCS(O)(O)c1ccc(-c2cccc(CC(=O)C3(c4ccc5[nH]ccc5c4)CC3)c2)cc1. The van der Waals surface area contributed by atoms with E-state index in [0.717, 1.165) is 46.0 Å². The summed E-state index contributed by atoms with van der Waals surface area (Å²) in [6, 6.07) is 23.8. The first-order valence-corrected chi connectivity index (χ1v) is 12.7. The number of carbonyl (C=O) groups is 1. The van der Waals surface area contributed by atoms with Crippen molar-refractivity contribution in [2.45, 2.75) is 36.5 Å². The zero-order valence-corrected chi connectivity index (χ0v) is 18.9. The van der Waals surface area contributed by atoms with Gasteiger partial charge < -0.3 is 4.98 Å². The van der Waals surface area contributed by atoms with E-state index in [1.807, 2.05) is 42.6 Å². The normalized spacial score (nSPS) is 15.6. The van der Waals surface area contributed by atoms with Crippen LogP contribution in [0.1, 0.15) is 30.9 Å². The molecule has 0 aliphatic heterocycles. The molecule has 1 saturated carbocycles. The molecule has 32 heavy (non-hydrogen) atoms. The van der Waals surface area contributed by atoms with Gasteiger partial charge in [0, 0.05) is 23.9 Å². The maximum Gasteiger partial charge on any atom is 0.147 e. The molecule has 1 fully saturated rings. The molecule has 3 aromatic carbocycles. The molecule has 0 unspecified atom stereocenters. The summed E-state index contributed by atoms with van der Waals surface area (Å²) < 4.78 is 20.2. The number of hydrogen-bond acceptors (Lipinski definition) is 3. The van der Waals surface area contributed by atoms with Gasteiger partial charge in [-0.1, -0.05) is 42.5 Å². The monoisotopic (exact) mass is 445 g/mol. The molecule has 1 aliphatic carbocycles. The zero-order valence-electron chi connectivity index (χ0n) is 18.0. The first kappa shape index (κ1) is 21.0. The van der Waals surface area contributed by atoms with Crippen molar-refractivity contribution in [3.8, 4) is 11.1 Å². The standard InChI is InChI=1S/C27H27NO3S/c1-2-32(30,31)24-9-6-20(7-10-24)21-5-3-4-19(16-21)17-26(29)27(13-14-27)23-8-11-25-22(18-23)12-15-28-25/h3-12,15-16,18,28,30-31H,2,13-14,17H2,1H3. The molecule has 1 heterocycles. The number of benzene rings is 3. The summed E-state index contributed by atoms with van der Waals surface area (Å²) in [5.41, 5.74) is 4.88. The Bertz CT molecular complexity index is 1290. The van der Waals surface area contributed by atoms with Gasteiger partial charge in [-0.05, 0) is 77.7 Å². The largest absolute Gasteiger partial charge is 0.361 e. The number of nitrogens with one attached hydrogen (secondary N) is 1. The summed E-state index contributed by atoms with van der Waals surface area (Å²) in [6.07, 6.45) is 4.16. The Labute approximate surface area is 189 Å². The summed E-state index contributed by atoms with van der Waals surface area (Å²) in [7, 11) is -2.71. The quantitative estimate of drug-likeness (QED) is 0.293. The predicted molar refractivity (Wildman–Crippen MR) is 131 cm³/mol. The smallest absolute Gasteiger partial charge is 0.147 e. The van der Waals surface area contributed by atoms with Crippen LogP contribution < -0.4 is 0 Å². The average Bonchev–Trinajstić information content (AvgIpc) is 3.50. The fraction of sp³-hybridized carbons (Fsp3) is 0.222. The van der Waals surface area contributed by atoms with E-state index in [2.05, 4.69) is 29.2 Å². The van der Waals surface area contributed by atoms with Gasteiger partial charge in [-0.25, -0.2) is 0 Å². The Morgan fingerprint density at radius 3 is 2.47 bits per heavy atom. The molecule has 5 heteroatoms. The lowest BCUT2D eigenvalue weighted by atomic mass is 9.87. The Hall–Kier alpha value is -2.86. The molecule has 3 N–H and O–H groups in total. The fourth-order valence-electron chi connectivity index (χ4n) is 4.45. The zero-order chi connectivity index (χ0) is 22.3. The van der Waals surface area contributed by atoms with Gasteiger partial charge in [0.1, 0.15) is 5.78 Å². The Morgan fingerprint density at radius 1 is 0.969 bits per heavy atom. The van der Waals surface area contributed by atoms with Gasteiger partial charge in [-0.15, -0.1) is 0 Å². The van der Waals surface area contributed by atoms with Crippen LogP contribution in [0.3, 0.4) is 0 Å². The van der Waals surface area contributed by atoms with E-state index in [4.69, 9.17) is 0 Å². The van der Waals surface area contributed by atoms with Crippen LogP contribution in [0, 0.1) is 0 Å². The molecule has 164 valence electrons. The van der Waals surface area contributed by atoms with E-state index in [-0.39, 0.29) is 11.2 Å². The van der Waals surface area contributed by atoms with Crippen LogP contribution in [0.15, 0.2) is 83.9 Å². The minimum atomic E-state index is -2.71. The van der Waals surface area contributed by atoms with E-state index >= 15 is 0 Å². The van der Waals surface area contributed by atoms with Crippen LogP contribution in [0.25, 0.3) is 22.0 Å². The molecular weight excluding hydrogens is 418 g/mol. The van der Waals surface area contributed by atoms with Crippen molar-refractivity contribution in [1.82, 2.24) is 4.98 Å². The number of hydrogen-bond donors (Lipinski definition) is 3. The number of fused-ring (bicyclic) bond motifs is 1. The first-order chi connectivity index (χ1) is 15.4. The molecule has 0 saturated heterocycles. The minimum Gasteiger partial charge on any atom is -0.361 e. The summed E-state index contributed by atoms with van der Waals surface area (Å²) in [6.45, 7) is 1.77. The lowest BCUT2D eigenvalue weighted by molar-refractivity contribution is -0.120. The van der Waals surface area contributed by atoms with E-state index in [1.165, 1.54) is 0 Å². The van der Waals surface area contributed by atoms with Gasteiger partial charge in [0.25, 0.3) is 0 Å². The van der Waals surface area contributed by atoms with E-state index < -0.39 is 10.6 Å². The summed E-state index contributed by atoms with van der Waals surface area (Å²) in [4.78, 5) is 17.1. The highest BCUT2D eigenvalue weighted by Gasteiger charge is 2.50. The topological polar surface area (TPSA) is 73.3 Å². The highest BCUT2D eigenvalue weighted by Crippen LogP contribution is 2.50. The average molecular weight is 446 g/mol. The van der Waals surface area contributed by atoms with Gasteiger partial charge in [0.15, 0.2) is 0 Å². The number of aromatic nitrogens is 1. The number of carbonyl (C=O) groups excluding carboxylic acids is 1. The minimum absolute atomic E-state index is 0.275. The molecule has 0 radical (unpaired) electrons. The van der Waals surface area contributed by atoms with Crippen molar-refractivity contribution in [1.29, 1.82) is 0 Å².